The number of aryl methyl sites for hydroxylation is 1. The normalized spacial score (nSPS) is 12.5. The van der Waals surface area contributed by atoms with E-state index in [1.807, 2.05) is 12.1 Å². The third-order valence-corrected chi connectivity index (χ3v) is 4.93. The highest BCUT2D eigenvalue weighted by atomic mass is 16.5. The molecule has 6 N–H and O–H groups in total. The Hall–Kier alpha value is -3.59. The lowest BCUT2D eigenvalue weighted by atomic mass is 10.1. The number of hydrogen-bond donors (Lipinski definition) is 5. The van der Waals surface area contributed by atoms with Gasteiger partial charge in [0, 0.05) is 6.42 Å². The minimum absolute atomic E-state index is 0.0492. The van der Waals surface area contributed by atoms with Crippen molar-refractivity contribution < 1.29 is 29.3 Å². The molecule has 0 saturated carbocycles. The van der Waals surface area contributed by atoms with Gasteiger partial charge in [0.05, 0.1) is 19.6 Å². The number of carboxylic acids is 1. The van der Waals surface area contributed by atoms with Gasteiger partial charge in [-0.1, -0.05) is 36.4 Å². The number of hydrogen-bond acceptors (Lipinski definition) is 6. The molecule has 2 atom stereocenters. The number of carbonyl (C=O) groups excluding carboxylic acids is 2. The molecule has 9 heteroatoms. The molecule has 32 heavy (non-hydrogen) atoms. The Labute approximate surface area is 186 Å². The first-order chi connectivity index (χ1) is 15.3. The number of methoxy groups -OCH3 is 1. The van der Waals surface area contributed by atoms with Gasteiger partial charge in [-0.15, -0.1) is 0 Å². The van der Waals surface area contributed by atoms with Gasteiger partial charge in [-0.3, -0.25) is 9.59 Å². The zero-order valence-corrected chi connectivity index (χ0v) is 17.9. The highest BCUT2D eigenvalue weighted by Crippen LogP contribution is 2.26. The molecule has 0 aliphatic heterocycles. The Morgan fingerprint density at radius 2 is 1.78 bits per heavy atom. The molecule has 9 nitrogen and oxygen atoms in total. The van der Waals surface area contributed by atoms with Crippen molar-refractivity contribution in [3.8, 4) is 11.5 Å². The number of ether oxygens (including phenoxy) is 1. The molecule has 172 valence electrons. The number of aliphatic carboxylic acids is 1. The lowest BCUT2D eigenvalue weighted by Crippen LogP contribution is -2.48. The number of primary amides is 1. The van der Waals surface area contributed by atoms with Crippen molar-refractivity contribution in [3.05, 3.63) is 59.7 Å². The van der Waals surface area contributed by atoms with Crippen LogP contribution in [0.3, 0.4) is 0 Å². The first-order valence-corrected chi connectivity index (χ1v) is 10.2. The molecule has 2 rings (SSSR count). The van der Waals surface area contributed by atoms with Gasteiger partial charge in [-0.05, 0) is 42.6 Å². The number of aromatic hydroxyl groups is 1. The molecular formula is C23H29N3O6. The van der Waals surface area contributed by atoms with Crippen molar-refractivity contribution in [3.63, 3.8) is 0 Å². The van der Waals surface area contributed by atoms with Crippen molar-refractivity contribution in [2.45, 2.75) is 37.8 Å². The van der Waals surface area contributed by atoms with E-state index in [0.717, 1.165) is 11.1 Å². The van der Waals surface area contributed by atoms with Crippen LogP contribution in [-0.4, -0.2) is 53.7 Å². The quantitative estimate of drug-likeness (QED) is 0.290. The number of phenols is 1. The number of nitrogens with one attached hydrogen (secondary N) is 2. The molecule has 0 saturated heterocycles. The van der Waals surface area contributed by atoms with Crippen LogP contribution in [0.4, 0.5) is 0 Å². The number of carbonyl (C=O) groups is 3. The van der Waals surface area contributed by atoms with E-state index in [1.165, 1.54) is 7.11 Å². The van der Waals surface area contributed by atoms with Crippen LogP contribution < -0.4 is 21.1 Å². The van der Waals surface area contributed by atoms with Gasteiger partial charge in [0.25, 0.3) is 0 Å². The fourth-order valence-electron chi connectivity index (χ4n) is 3.22. The van der Waals surface area contributed by atoms with Gasteiger partial charge in [0.2, 0.25) is 11.8 Å². The summed E-state index contributed by atoms with van der Waals surface area (Å²) in [5.41, 5.74) is 7.06. The largest absolute Gasteiger partial charge is 0.504 e. The predicted molar refractivity (Wildman–Crippen MR) is 118 cm³/mol. The third kappa shape index (κ3) is 7.92. The fraction of sp³-hybridized carbons (Fsp3) is 0.348. The van der Waals surface area contributed by atoms with Gasteiger partial charge in [0.15, 0.2) is 11.5 Å². The Morgan fingerprint density at radius 3 is 2.38 bits per heavy atom. The Bertz CT molecular complexity index is 919. The van der Waals surface area contributed by atoms with Crippen LogP contribution in [0.1, 0.15) is 24.0 Å². The second-order valence-electron chi connectivity index (χ2n) is 7.37. The maximum absolute atomic E-state index is 12.4. The van der Waals surface area contributed by atoms with Crippen molar-refractivity contribution in [2.75, 3.05) is 13.7 Å². The summed E-state index contributed by atoms with van der Waals surface area (Å²) in [6.07, 6.45) is 1.12. The van der Waals surface area contributed by atoms with E-state index in [9.17, 15) is 24.6 Å². The summed E-state index contributed by atoms with van der Waals surface area (Å²) in [5, 5.41) is 24.6. The average molecular weight is 444 g/mol. The topological polar surface area (TPSA) is 151 Å². The van der Waals surface area contributed by atoms with E-state index in [4.69, 9.17) is 10.5 Å². The summed E-state index contributed by atoms with van der Waals surface area (Å²) in [4.78, 5) is 35.6. The predicted octanol–water partition coefficient (Wildman–Crippen LogP) is 0.979. The Morgan fingerprint density at radius 1 is 1.06 bits per heavy atom. The van der Waals surface area contributed by atoms with Crippen LogP contribution in [0.25, 0.3) is 0 Å². The minimum atomic E-state index is -1.16. The van der Waals surface area contributed by atoms with Crippen LogP contribution in [0, 0.1) is 0 Å². The molecule has 0 unspecified atom stereocenters. The molecule has 2 aromatic carbocycles. The van der Waals surface area contributed by atoms with E-state index in [0.29, 0.717) is 25.1 Å². The van der Waals surface area contributed by atoms with Gasteiger partial charge < -0.3 is 31.3 Å². The third-order valence-electron chi connectivity index (χ3n) is 4.93. The van der Waals surface area contributed by atoms with Crippen molar-refractivity contribution in [1.82, 2.24) is 10.6 Å². The summed E-state index contributed by atoms with van der Waals surface area (Å²) in [6, 6.07) is 12.0. The Balaban J connectivity index is 1.83. The smallest absolute Gasteiger partial charge is 0.326 e. The van der Waals surface area contributed by atoms with Crippen molar-refractivity contribution in [2.24, 2.45) is 5.73 Å². The summed E-state index contributed by atoms with van der Waals surface area (Å²) in [5.74, 6) is -2.00. The molecule has 0 aromatic heterocycles. The lowest BCUT2D eigenvalue weighted by Gasteiger charge is -2.18. The monoisotopic (exact) mass is 443 g/mol. The molecule has 0 spiro atoms. The van der Waals surface area contributed by atoms with Gasteiger partial charge in [-0.2, -0.15) is 0 Å². The van der Waals surface area contributed by atoms with Crippen molar-refractivity contribution in [1.29, 1.82) is 0 Å². The summed E-state index contributed by atoms with van der Waals surface area (Å²) in [6.45, 7) is 0.403. The molecule has 0 radical (unpaired) electrons. The first kappa shape index (κ1) is 24.7. The molecular weight excluding hydrogens is 414 g/mol. The molecule has 0 aliphatic rings. The second kappa shape index (κ2) is 12.3. The minimum Gasteiger partial charge on any atom is -0.504 e. The molecule has 2 aromatic rings. The van der Waals surface area contributed by atoms with Gasteiger partial charge in [0.1, 0.15) is 6.04 Å². The number of benzene rings is 2. The first-order valence-electron chi connectivity index (χ1n) is 10.2. The molecule has 0 heterocycles. The summed E-state index contributed by atoms with van der Waals surface area (Å²) >= 11 is 0. The molecule has 2 amide bonds. The summed E-state index contributed by atoms with van der Waals surface area (Å²) in [7, 11) is 1.47. The molecule has 0 fully saturated rings. The lowest BCUT2D eigenvalue weighted by molar-refractivity contribution is -0.141. The molecule has 0 bridgehead atoms. The average Bonchev–Trinajstić information content (AvgIpc) is 2.76. The number of phenolic OH excluding ortho intramolecular Hbond substituents is 1. The number of rotatable bonds is 13. The van der Waals surface area contributed by atoms with Gasteiger partial charge >= 0.3 is 5.97 Å². The summed E-state index contributed by atoms with van der Waals surface area (Å²) < 4.78 is 5.01. The highest BCUT2D eigenvalue weighted by molar-refractivity contribution is 5.89. The standard InChI is InChI=1S/C23H29N3O6/c1-32-20-10-9-16(13-19(20)27)8-5-11-25-17(22(24)29)14-21(28)26-18(23(30)31)12-15-6-3-2-4-7-15/h2-4,6-7,9-10,13,17-18,25,27H,5,8,11-12,14H2,1H3,(H2,24,29)(H,26,28)(H,30,31)/t17-,18-/m0/s1. The van der Waals surface area contributed by atoms with E-state index in [-0.39, 0.29) is 18.6 Å². The molecule has 0 aliphatic carbocycles. The Kier molecular flexibility index (Phi) is 9.49. The zero-order valence-electron chi connectivity index (χ0n) is 17.9. The second-order valence-corrected chi connectivity index (χ2v) is 7.37. The van der Waals surface area contributed by atoms with E-state index in [1.54, 1.807) is 36.4 Å². The maximum Gasteiger partial charge on any atom is 0.326 e. The van der Waals surface area contributed by atoms with Crippen molar-refractivity contribution >= 4 is 17.8 Å². The van der Waals surface area contributed by atoms with Crippen LogP contribution in [0.5, 0.6) is 11.5 Å². The van der Waals surface area contributed by atoms with E-state index < -0.39 is 29.9 Å². The van der Waals surface area contributed by atoms with Crippen LogP contribution in [-0.2, 0) is 27.2 Å². The SMILES string of the molecule is COc1ccc(CCCN[C@@H](CC(=O)N[C@@H](Cc2ccccc2)C(=O)O)C(N)=O)cc1O. The maximum atomic E-state index is 12.4. The number of carboxylic acid groups (broad SMARTS) is 1. The van der Waals surface area contributed by atoms with E-state index >= 15 is 0 Å². The number of nitrogens with two attached hydrogens (primary N) is 1. The van der Waals surface area contributed by atoms with E-state index in [2.05, 4.69) is 10.6 Å². The van der Waals surface area contributed by atoms with Crippen LogP contribution in [0.2, 0.25) is 0 Å². The zero-order chi connectivity index (χ0) is 23.5. The number of amides is 2. The van der Waals surface area contributed by atoms with Crippen LogP contribution in [0.15, 0.2) is 48.5 Å². The van der Waals surface area contributed by atoms with Gasteiger partial charge in [-0.25, -0.2) is 4.79 Å². The highest BCUT2D eigenvalue weighted by Gasteiger charge is 2.24. The van der Waals surface area contributed by atoms with Crippen LogP contribution >= 0.6 is 0 Å². The fourth-order valence-corrected chi connectivity index (χ4v) is 3.22.